The maximum atomic E-state index is 13.0. The number of alkyl halides is 3. The van der Waals surface area contributed by atoms with Crippen LogP contribution in [0, 0.1) is 6.92 Å². The monoisotopic (exact) mass is 385 g/mol. The molecule has 0 amide bonds. The zero-order valence-electron chi connectivity index (χ0n) is 13.9. The lowest BCUT2D eigenvalue weighted by Gasteiger charge is -2.22. The molecule has 0 saturated carbocycles. The van der Waals surface area contributed by atoms with Crippen molar-refractivity contribution in [1.82, 2.24) is 4.31 Å². The average molecular weight is 385 g/mol. The van der Waals surface area contributed by atoms with Gasteiger partial charge in [-0.2, -0.15) is 17.5 Å². The van der Waals surface area contributed by atoms with Crippen LogP contribution in [0.15, 0.2) is 54.6 Å². The smallest absolute Gasteiger partial charge is 0.508 e. The summed E-state index contributed by atoms with van der Waals surface area (Å²) < 4.78 is 62.9. The lowest BCUT2D eigenvalue weighted by atomic mass is 10.1. The van der Waals surface area contributed by atoms with Crippen LogP contribution < -0.4 is 0 Å². The Balaban J connectivity index is 2.23. The Labute approximate surface area is 150 Å². The Morgan fingerprint density at radius 3 is 2.35 bits per heavy atom. The van der Waals surface area contributed by atoms with Crippen molar-refractivity contribution in [2.24, 2.45) is 0 Å². The minimum Gasteiger partial charge on any atom is -0.508 e. The molecule has 0 heterocycles. The molecule has 2 aromatic rings. The average Bonchev–Trinajstić information content (AvgIpc) is 2.57. The Morgan fingerprint density at radius 2 is 1.77 bits per heavy atom. The number of rotatable bonds is 6. The third-order valence-corrected chi connectivity index (χ3v) is 5.22. The summed E-state index contributed by atoms with van der Waals surface area (Å²) in [5.74, 6) is 0.104. The lowest BCUT2D eigenvalue weighted by Crippen LogP contribution is -2.40. The van der Waals surface area contributed by atoms with E-state index >= 15 is 0 Å². The quantitative estimate of drug-likeness (QED) is 0.816. The van der Waals surface area contributed by atoms with Crippen molar-refractivity contribution >= 4 is 16.1 Å². The Morgan fingerprint density at radius 1 is 1.12 bits per heavy atom. The second-order valence-corrected chi connectivity index (χ2v) is 7.61. The maximum Gasteiger partial charge on any atom is 0.511 e. The predicted octanol–water partition coefficient (Wildman–Crippen LogP) is 4.07. The first-order valence-corrected chi connectivity index (χ1v) is 9.12. The lowest BCUT2D eigenvalue weighted by molar-refractivity contribution is -0.0488. The van der Waals surface area contributed by atoms with E-state index in [0.717, 1.165) is 0 Å². The number of aromatic hydroxyl groups is 1. The number of halogens is 3. The number of hydrogen-bond donors (Lipinski definition) is 1. The van der Waals surface area contributed by atoms with E-state index in [0.29, 0.717) is 21.0 Å². The van der Waals surface area contributed by atoms with Gasteiger partial charge in [0, 0.05) is 13.1 Å². The fraction of sp³-hybridized carbons (Fsp3) is 0.222. The molecule has 1 N–H and O–H groups in total. The first kappa shape index (κ1) is 20.0. The molecule has 0 fully saturated rings. The van der Waals surface area contributed by atoms with Crippen molar-refractivity contribution in [3.63, 3.8) is 0 Å². The fourth-order valence-corrected chi connectivity index (χ4v) is 3.16. The fourth-order valence-electron chi connectivity index (χ4n) is 2.27. The number of phenolic OH excluding ortho intramolecular Hbond substituents is 1. The van der Waals surface area contributed by atoms with E-state index in [-0.39, 0.29) is 12.3 Å². The molecule has 0 aliphatic carbocycles. The standard InChI is InChI=1S/C18H18F3NO3S/c1-14-12-15(9-10-17(14)23)8-5-11-22(26(24,25)18(19,20)21)13-16-6-3-2-4-7-16/h2-10,12,23H,11,13H2,1H3/b8-5+. The van der Waals surface area contributed by atoms with Crippen LogP contribution >= 0.6 is 0 Å². The Hall–Kier alpha value is -2.32. The largest absolute Gasteiger partial charge is 0.511 e. The highest BCUT2D eigenvalue weighted by Gasteiger charge is 2.49. The highest BCUT2D eigenvalue weighted by Crippen LogP contribution is 2.28. The van der Waals surface area contributed by atoms with Crippen LogP contribution in [-0.4, -0.2) is 29.9 Å². The Kier molecular flexibility index (Phi) is 6.09. The van der Waals surface area contributed by atoms with Crippen LogP contribution in [-0.2, 0) is 16.6 Å². The second-order valence-electron chi connectivity index (χ2n) is 5.68. The van der Waals surface area contributed by atoms with Gasteiger partial charge in [-0.05, 0) is 35.7 Å². The van der Waals surface area contributed by atoms with Crippen LogP contribution in [0.3, 0.4) is 0 Å². The molecule has 140 valence electrons. The summed E-state index contributed by atoms with van der Waals surface area (Å²) in [6.07, 6.45) is 2.86. The summed E-state index contributed by atoms with van der Waals surface area (Å²) in [4.78, 5) is 0. The topological polar surface area (TPSA) is 57.6 Å². The molecule has 0 saturated heterocycles. The van der Waals surface area contributed by atoms with Crippen molar-refractivity contribution < 1.29 is 26.7 Å². The van der Waals surface area contributed by atoms with E-state index < -0.39 is 22.1 Å². The van der Waals surface area contributed by atoms with E-state index in [9.17, 15) is 26.7 Å². The SMILES string of the molecule is Cc1cc(/C=C/CN(Cc2ccccc2)S(=O)(=O)C(F)(F)F)ccc1O. The summed E-state index contributed by atoms with van der Waals surface area (Å²) in [6, 6.07) is 12.8. The van der Waals surface area contributed by atoms with Gasteiger partial charge >= 0.3 is 15.5 Å². The molecule has 0 radical (unpaired) electrons. The third-order valence-electron chi connectivity index (χ3n) is 3.67. The zero-order valence-corrected chi connectivity index (χ0v) is 14.8. The van der Waals surface area contributed by atoms with Gasteiger partial charge < -0.3 is 5.11 Å². The zero-order chi connectivity index (χ0) is 19.4. The number of sulfonamides is 1. The normalized spacial score (nSPS) is 12.8. The van der Waals surface area contributed by atoms with Gasteiger partial charge in [0.2, 0.25) is 0 Å². The van der Waals surface area contributed by atoms with Crippen LogP contribution in [0.25, 0.3) is 6.08 Å². The van der Waals surface area contributed by atoms with E-state index in [2.05, 4.69) is 0 Å². The van der Waals surface area contributed by atoms with Crippen molar-refractivity contribution in [1.29, 1.82) is 0 Å². The van der Waals surface area contributed by atoms with Gasteiger partial charge in [-0.25, -0.2) is 8.42 Å². The summed E-state index contributed by atoms with van der Waals surface area (Å²) >= 11 is 0. The molecule has 0 unspecified atom stereocenters. The molecule has 8 heteroatoms. The third kappa shape index (κ3) is 4.86. The van der Waals surface area contributed by atoms with Crippen molar-refractivity contribution in [2.75, 3.05) is 6.54 Å². The van der Waals surface area contributed by atoms with E-state index in [4.69, 9.17) is 0 Å². The molecule has 0 aromatic heterocycles. The molecular weight excluding hydrogens is 367 g/mol. The van der Waals surface area contributed by atoms with E-state index in [1.165, 1.54) is 18.2 Å². The highest BCUT2D eigenvalue weighted by atomic mass is 32.2. The van der Waals surface area contributed by atoms with E-state index in [1.54, 1.807) is 49.4 Å². The molecular formula is C18H18F3NO3S. The molecule has 0 atom stereocenters. The molecule has 4 nitrogen and oxygen atoms in total. The number of hydrogen-bond acceptors (Lipinski definition) is 3. The van der Waals surface area contributed by atoms with Gasteiger partial charge in [-0.1, -0.05) is 48.6 Å². The number of phenols is 1. The van der Waals surface area contributed by atoms with Crippen LogP contribution in [0.2, 0.25) is 0 Å². The van der Waals surface area contributed by atoms with Crippen molar-refractivity contribution in [3.05, 3.63) is 71.3 Å². The molecule has 2 aromatic carbocycles. The Bertz CT molecular complexity index is 878. The van der Waals surface area contributed by atoms with Crippen molar-refractivity contribution in [3.8, 4) is 5.75 Å². The van der Waals surface area contributed by atoms with Gasteiger partial charge in [0.15, 0.2) is 0 Å². The predicted molar refractivity (Wildman–Crippen MR) is 93.7 cm³/mol. The maximum absolute atomic E-state index is 13.0. The van der Waals surface area contributed by atoms with E-state index in [1.807, 2.05) is 0 Å². The van der Waals surface area contributed by atoms with Gasteiger partial charge in [0.1, 0.15) is 5.75 Å². The summed E-state index contributed by atoms with van der Waals surface area (Å²) in [5.41, 5.74) is -3.67. The number of nitrogens with zero attached hydrogens (tertiary/aromatic N) is 1. The van der Waals surface area contributed by atoms with Gasteiger partial charge in [-0.3, -0.25) is 0 Å². The number of aryl methyl sites for hydroxylation is 1. The van der Waals surface area contributed by atoms with Gasteiger partial charge in [-0.15, -0.1) is 0 Å². The summed E-state index contributed by atoms with van der Waals surface area (Å²) in [6.45, 7) is 0.862. The molecule has 2 rings (SSSR count). The van der Waals surface area contributed by atoms with Crippen LogP contribution in [0.4, 0.5) is 13.2 Å². The first-order valence-electron chi connectivity index (χ1n) is 7.68. The van der Waals surface area contributed by atoms with Crippen LogP contribution in [0.1, 0.15) is 16.7 Å². The highest BCUT2D eigenvalue weighted by molar-refractivity contribution is 7.89. The minimum absolute atomic E-state index is 0.104. The second kappa shape index (κ2) is 7.92. The molecule has 0 aliphatic heterocycles. The molecule has 26 heavy (non-hydrogen) atoms. The van der Waals surface area contributed by atoms with Crippen LogP contribution in [0.5, 0.6) is 5.75 Å². The minimum atomic E-state index is -5.46. The van der Waals surface area contributed by atoms with Crippen molar-refractivity contribution in [2.45, 2.75) is 19.0 Å². The molecule has 0 spiro atoms. The summed E-state index contributed by atoms with van der Waals surface area (Å²) in [7, 11) is -5.46. The molecule has 0 bridgehead atoms. The number of benzene rings is 2. The summed E-state index contributed by atoms with van der Waals surface area (Å²) in [5, 5.41) is 9.48. The molecule has 0 aliphatic rings. The van der Waals surface area contributed by atoms with Gasteiger partial charge in [0.05, 0.1) is 0 Å². The van der Waals surface area contributed by atoms with Gasteiger partial charge in [0.25, 0.3) is 0 Å². The first-order chi connectivity index (χ1) is 12.1.